The van der Waals surface area contributed by atoms with Crippen LogP contribution < -0.4 is 4.90 Å². The summed E-state index contributed by atoms with van der Waals surface area (Å²) in [5.74, 6) is 1.19. The topological polar surface area (TPSA) is 82.7 Å². The van der Waals surface area contributed by atoms with Crippen molar-refractivity contribution in [2.75, 3.05) is 31.6 Å². The lowest BCUT2D eigenvalue weighted by molar-refractivity contribution is 0.0263. The molecule has 1 amide bonds. The number of aromatic nitrogens is 2. The molecular weight excluding hydrogens is 320 g/mol. The third kappa shape index (κ3) is 3.51. The first kappa shape index (κ1) is 17.4. The van der Waals surface area contributed by atoms with Crippen LogP contribution in [-0.2, 0) is 6.42 Å². The number of likely N-dealkylation sites (N-methyl/N-ethyl adjacent to an activating group) is 1. The Morgan fingerprint density at radius 3 is 2.96 bits per heavy atom. The molecular formula is C18H24N4O3. The molecule has 0 bridgehead atoms. The highest BCUT2D eigenvalue weighted by Gasteiger charge is 2.39. The normalized spacial score (nSPS) is 20.1. The van der Waals surface area contributed by atoms with Gasteiger partial charge in [0, 0.05) is 26.3 Å². The van der Waals surface area contributed by atoms with E-state index in [9.17, 15) is 9.90 Å². The number of rotatable bonds is 5. The number of hydrogen-bond donors (Lipinski definition) is 1. The lowest BCUT2D eigenvalue weighted by Gasteiger charge is -2.29. The third-order valence-corrected chi connectivity index (χ3v) is 4.67. The Labute approximate surface area is 147 Å². The van der Waals surface area contributed by atoms with Gasteiger partial charge in [0.25, 0.3) is 5.91 Å². The Morgan fingerprint density at radius 1 is 1.48 bits per heavy atom. The number of hydrogen-bond acceptors (Lipinski definition) is 6. The van der Waals surface area contributed by atoms with E-state index < -0.39 is 5.60 Å². The van der Waals surface area contributed by atoms with Crippen LogP contribution in [0.1, 0.15) is 35.2 Å². The molecule has 7 nitrogen and oxygen atoms in total. The van der Waals surface area contributed by atoms with Crippen LogP contribution in [0.3, 0.4) is 0 Å². The summed E-state index contributed by atoms with van der Waals surface area (Å²) in [6.07, 6.45) is 2.96. The van der Waals surface area contributed by atoms with Crippen molar-refractivity contribution in [2.45, 2.75) is 32.3 Å². The number of amides is 1. The van der Waals surface area contributed by atoms with E-state index in [1.54, 1.807) is 25.1 Å². The lowest BCUT2D eigenvalue weighted by Crippen LogP contribution is -2.46. The molecule has 1 fully saturated rings. The zero-order chi connectivity index (χ0) is 18.0. The van der Waals surface area contributed by atoms with Gasteiger partial charge < -0.3 is 19.4 Å². The number of β-amino-alcohol motifs (C(OH)–C–C–N with tert-alkyl or cyclic N) is 1. The number of carbonyl (C=O) groups excluding carboxylic acids is 1. The van der Waals surface area contributed by atoms with Crippen molar-refractivity contribution in [1.29, 1.82) is 0 Å². The second-order valence-corrected chi connectivity index (χ2v) is 6.66. The summed E-state index contributed by atoms with van der Waals surface area (Å²) < 4.78 is 5.15. The maximum absolute atomic E-state index is 12.8. The van der Waals surface area contributed by atoms with Crippen molar-refractivity contribution in [3.05, 3.63) is 41.4 Å². The summed E-state index contributed by atoms with van der Waals surface area (Å²) in [6, 6.07) is 5.72. The van der Waals surface area contributed by atoms with Gasteiger partial charge in [-0.25, -0.2) is 4.98 Å². The minimum Gasteiger partial charge on any atom is -0.386 e. The fraction of sp³-hybridized carbons (Fsp3) is 0.500. The van der Waals surface area contributed by atoms with Crippen LogP contribution in [-0.4, -0.2) is 58.3 Å². The minimum absolute atomic E-state index is 0.166. The van der Waals surface area contributed by atoms with E-state index in [2.05, 4.69) is 10.1 Å². The lowest BCUT2D eigenvalue weighted by atomic mass is 10.0. The molecule has 1 N–H and O–H groups in total. The van der Waals surface area contributed by atoms with Crippen LogP contribution in [0.4, 0.5) is 5.82 Å². The smallest absolute Gasteiger partial charge is 0.259 e. The molecule has 1 atom stereocenters. The largest absolute Gasteiger partial charge is 0.386 e. The fourth-order valence-corrected chi connectivity index (χ4v) is 3.36. The number of carbonyl (C=O) groups is 1. The van der Waals surface area contributed by atoms with E-state index in [4.69, 9.17) is 4.52 Å². The van der Waals surface area contributed by atoms with Gasteiger partial charge in [0.2, 0.25) is 0 Å². The maximum Gasteiger partial charge on any atom is 0.259 e. The van der Waals surface area contributed by atoms with Gasteiger partial charge in [-0.2, -0.15) is 0 Å². The van der Waals surface area contributed by atoms with Crippen LogP contribution in [0.25, 0.3) is 0 Å². The molecule has 0 aliphatic carbocycles. The van der Waals surface area contributed by atoms with Crippen LogP contribution in [0.5, 0.6) is 0 Å². The number of pyridine rings is 1. The molecule has 134 valence electrons. The summed E-state index contributed by atoms with van der Waals surface area (Å²) in [5, 5.41) is 14.9. The molecule has 1 aliphatic heterocycles. The fourth-order valence-electron chi connectivity index (χ4n) is 3.36. The van der Waals surface area contributed by atoms with Crippen LogP contribution in [0, 0.1) is 6.92 Å². The molecule has 0 radical (unpaired) electrons. The average Bonchev–Trinajstić information content (AvgIpc) is 3.18. The van der Waals surface area contributed by atoms with Gasteiger partial charge in [0.05, 0.1) is 12.2 Å². The predicted octanol–water partition coefficient (Wildman–Crippen LogP) is 1.65. The molecule has 7 heteroatoms. The van der Waals surface area contributed by atoms with Gasteiger partial charge >= 0.3 is 0 Å². The molecule has 1 saturated heterocycles. The van der Waals surface area contributed by atoms with Gasteiger partial charge in [0.15, 0.2) is 0 Å². The first-order chi connectivity index (χ1) is 11.9. The average molecular weight is 344 g/mol. The van der Waals surface area contributed by atoms with E-state index in [1.807, 2.05) is 30.0 Å². The number of nitrogens with zero attached hydrogens (tertiary/aromatic N) is 4. The molecule has 2 aromatic rings. The van der Waals surface area contributed by atoms with Crippen molar-refractivity contribution < 1.29 is 14.4 Å². The van der Waals surface area contributed by atoms with Gasteiger partial charge in [-0.1, -0.05) is 18.1 Å². The van der Waals surface area contributed by atoms with Gasteiger partial charge in [-0.3, -0.25) is 4.79 Å². The monoisotopic (exact) mass is 344 g/mol. The van der Waals surface area contributed by atoms with E-state index >= 15 is 0 Å². The molecule has 0 spiro atoms. The molecule has 1 aliphatic rings. The second kappa shape index (κ2) is 6.84. The summed E-state index contributed by atoms with van der Waals surface area (Å²) in [7, 11) is 1.70. The van der Waals surface area contributed by atoms with Crippen molar-refractivity contribution in [3.63, 3.8) is 0 Å². The summed E-state index contributed by atoms with van der Waals surface area (Å²) >= 11 is 0. The molecule has 0 saturated carbocycles. The number of aryl methyl sites for hydroxylation is 2. The van der Waals surface area contributed by atoms with Crippen LogP contribution in [0.15, 0.2) is 28.9 Å². The second-order valence-electron chi connectivity index (χ2n) is 6.66. The number of anilines is 1. The molecule has 3 rings (SSSR count). The summed E-state index contributed by atoms with van der Waals surface area (Å²) in [6.45, 7) is 5.08. The zero-order valence-corrected chi connectivity index (χ0v) is 14.9. The first-order valence-electron chi connectivity index (χ1n) is 8.52. The first-order valence-corrected chi connectivity index (χ1v) is 8.52. The van der Waals surface area contributed by atoms with Gasteiger partial charge in [-0.05, 0) is 31.9 Å². The summed E-state index contributed by atoms with van der Waals surface area (Å²) in [5.41, 5.74) is 0.204. The van der Waals surface area contributed by atoms with Crippen molar-refractivity contribution in [1.82, 2.24) is 15.0 Å². The van der Waals surface area contributed by atoms with E-state index in [-0.39, 0.29) is 12.5 Å². The highest BCUT2D eigenvalue weighted by atomic mass is 16.5. The Hall–Kier alpha value is -2.41. The Bertz CT molecular complexity index is 746. The standard InChI is InChI=1S/C18H24N4O3/c1-4-14-16(13(2)25-20-14)17(23)21(3)11-18(24)8-10-22(12-18)15-7-5-6-9-19-15/h5-7,9,24H,4,8,10-12H2,1-3H3. The Morgan fingerprint density at radius 2 is 2.28 bits per heavy atom. The SMILES string of the molecule is CCc1noc(C)c1C(=O)N(C)CC1(O)CCN(c2ccccn2)C1. The molecule has 2 aromatic heterocycles. The Balaban J connectivity index is 1.69. The van der Waals surface area contributed by atoms with E-state index in [1.165, 1.54) is 0 Å². The quantitative estimate of drug-likeness (QED) is 0.888. The van der Waals surface area contributed by atoms with Crippen molar-refractivity contribution in [2.24, 2.45) is 0 Å². The molecule has 1 unspecified atom stereocenters. The highest BCUT2D eigenvalue weighted by molar-refractivity contribution is 5.96. The van der Waals surface area contributed by atoms with E-state index in [0.717, 1.165) is 5.82 Å². The summed E-state index contributed by atoms with van der Waals surface area (Å²) in [4.78, 5) is 20.7. The predicted molar refractivity (Wildman–Crippen MR) is 93.6 cm³/mol. The molecule has 0 aromatic carbocycles. The minimum atomic E-state index is -0.959. The van der Waals surface area contributed by atoms with Gasteiger partial charge in [-0.15, -0.1) is 0 Å². The highest BCUT2D eigenvalue weighted by Crippen LogP contribution is 2.27. The van der Waals surface area contributed by atoms with Gasteiger partial charge in [0.1, 0.15) is 22.7 Å². The van der Waals surface area contributed by atoms with Crippen LogP contribution >= 0.6 is 0 Å². The molecule has 3 heterocycles. The third-order valence-electron chi connectivity index (χ3n) is 4.67. The van der Waals surface area contributed by atoms with Crippen molar-refractivity contribution in [3.8, 4) is 0 Å². The van der Waals surface area contributed by atoms with Crippen LogP contribution in [0.2, 0.25) is 0 Å². The maximum atomic E-state index is 12.8. The van der Waals surface area contributed by atoms with E-state index in [0.29, 0.717) is 42.9 Å². The van der Waals surface area contributed by atoms with Crippen molar-refractivity contribution >= 4 is 11.7 Å². The Kier molecular flexibility index (Phi) is 4.76. The number of aliphatic hydroxyl groups is 1. The molecule has 25 heavy (non-hydrogen) atoms. The zero-order valence-electron chi connectivity index (χ0n) is 14.9.